The van der Waals surface area contributed by atoms with Crippen molar-refractivity contribution in [2.45, 2.75) is 20.8 Å². The molecule has 3 nitrogen and oxygen atoms in total. The van der Waals surface area contributed by atoms with E-state index in [2.05, 4.69) is 10.5 Å². The first-order valence-electron chi connectivity index (χ1n) is 7.20. The number of hydrazone groups is 1. The third-order valence-corrected chi connectivity index (χ3v) is 3.25. The Morgan fingerprint density at radius 3 is 2.50 bits per heavy atom. The molecule has 1 N–H and O–H groups in total. The first kappa shape index (κ1) is 15.7. The molecule has 0 heterocycles. The highest BCUT2D eigenvalue weighted by molar-refractivity contribution is 5.96. The van der Waals surface area contributed by atoms with Crippen molar-refractivity contribution >= 4 is 18.2 Å². The molecule has 22 heavy (non-hydrogen) atoms. The zero-order valence-electron chi connectivity index (χ0n) is 13.1. The first-order valence-corrected chi connectivity index (χ1v) is 7.20. The van der Waals surface area contributed by atoms with Gasteiger partial charge in [0.05, 0.1) is 6.21 Å². The molecule has 2 aromatic carbocycles. The largest absolute Gasteiger partial charge is 0.271 e. The van der Waals surface area contributed by atoms with E-state index in [9.17, 15) is 4.79 Å². The number of rotatable bonds is 4. The van der Waals surface area contributed by atoms with E-state index in [1.165, 1.54) is 0 Å². The minimum atomic E-state index is -0.193. The highest BCUT2D eigenvalue weighted by Gasteiger charge is 2.07. The van der Waals surface area contributed by atoms with E-state index < -0.39 is 0 Å². The summed E-state index contributed by atoms with van der Waals surface area (Å²) in [5.41, 5.74) is 7.37. The Balaban J connectivity index is 2.00. The van der Waals surface area contributed by atoms with Crippen molar-refractivity contribution in [1.29, 1.82) is 0 Å². The maximum absolute atomic E-state index is 12.1. The van der Waals surface area contributed by atoms with Crippen LogP contribution in [0.1, 0.15) is 34.0 Å². The molecule has 0 unspecified atom stereocenters. The van der Waals surface area contributed by atoms with Gasteiger partial charge >= 0.3 is 0 Å². The molecule has 0 atom stereocenters. The average molecular weight is 292 g/mol. The van der Waals surface area contributed by atoms with Crippen molar-refractivity contribution in [2.24, 2.45) is 5.10 Å². The van der Waals surface area contributed by atoms with Crippen LogP contribution in [0.2, 0.25) is 0 Å². The fourth-order valence-electron chi connectivity index (χ4n) is 2.17. The van der Waals surface area contributed by atoms with Gasteiger partial charge in [0, 0.05) is 5.56 Å². The number of nitrogens with one attached hydrogen (secondary N) is 1. The fourth-order valence-corrected chi connectivity index (χ4v) is 2.17. The average Bonchev–Trinajstić information content (AvgIpc) is 2.48. The first-order chi connectivity index (χ1) is 10.6. The van der Waals surface area contributed by atoms with Gasteiger partial charge in [-0.15, -0.1) is 0 Å². The molecule has 2 aromatic rings. The van der Waals surface area contributed by atoms with Crippen LogP contribution in [0.4, 0.5) is 0 Å². The Hall–Kier alpha value is -2.68. The number of carbonyl (C=O) groups is 1. The second kappa shape index (κ2) is 7.36. The number of hydrogen-bond donors (Lipinski definition) is 1. The maximum atomic E-state index is 12.1. The van der Waals surface area contributed by atoms with E-state index >= 15 is 0 Å². The summed E-state index contributed by atoms with van der Waals surface area (Å²) in [6.07, 6.45) is 3.65. The van der Waals surface area contributed by atoms with Gasteiger partial charge in [-0.1, -0.05) is 54.1 Å². The number of benzene rings is 2. The number of nitrogens with zero attached hydrogens (tertiary/aromatic N) is 1. The van der Waals surface area contributed by atoms with Gasteiger partial charge in [-0.25, -0.2) is 5.43 Å². The Morgan fingerprint density at radius 2 is 1.82 bits per heavy atom. The summed E-state index contributed by atoms with van der Waals surface area (Å²) in [7, 11) is 0. The fraction of sp³-hybridized carbons (Fsp3) is 0.158. The van der Waals surface area contributed by atoms with Crippen molar-refractivity contribution in [2.75, 3.05) is 0 Å². The summed E-state index contributed by atoms with van der Waals surface area (Å²) >= 11 is 0. The molecule has 1 amide bonds. The van der Waals surface area contributed by atoms with Crippen molar-refractivity contribution in [3.63, 3.8) is 0 Å². The van der Waals surface area contributed by atoms with Crippen molar-refractivity contribution in [1.82, 2.24) is 5.43 Å². The molecular weight excluding hydrogens is 272 g/mol. The van der Waals surface area contributed by atoms with Crippen LogP contribution in [-0.4, -0.2) is 12.1 Å². The molecule has 0 aliphatic rings. The van der Waals surface area contributed by atoms with Crippen LogP contribution in [0.15, 0.2) is 59.2 Å². The number of amides is 1. The molecule has 2 rings (SSSR count). The van der Waals surface area contributed by atoms with E-state index in [4.69, 9.17) is 0 Å². The highest BCUT2D eigenvalue weighted by Crippen LogP contribution is 2.10. The van der Waals surface area contributed by atoms with E-state index in [0.717, 1.165) is 22.3 Å². The molecule has 0 spiro atoms. The van der Waals surface area contributed by atoms with E-state index in [1.54, 1.807) is 6.21 Å². The van der Waals surface area contributed by atoms with Crippen LogP contribution < -0.4 is 5.43 Å². The van der Waals surface area contributed by atoms with Crippen molar-refractivity contribution in [3.05, 3.63) is 76.4 Å². The Labute approximate surface area is 131 Å². The van der Waals surface area contributed by atoms with Crippen LogP contribution in [0.5, 0.6) is 0 Å². The molecule has 0 aliphatic carbocycles. The Morgan fingerprint density at radius 1 is 1.09 bits per heavy atom. The minimum absolute atomic E-state index is 0.193. The van der Waals surface area contributed by atoms with Crippen LogP contribution in [0.3, 0.4) is 0 Å². The second-order valence-corrected chi connectivity index (χ2v) is 5.32. The van der Waals surface area contributed by atoms with Crippen LogP contribution >= 0.6 is 0 Å². The predicted molar refractivity (Wildman–Crippen MR) is 92.0 cm³/mol. The smallest absolute Gasteiger partial charge is 0.267 e. The topological polar surface area (TPSA) is 41.5 Å². The molecule has 0 bridgehead atoms. The zero-order chi connectivity index (χ0) is 15.9. The summed E-state index contributed by atoms with van der Waals surface area (Å²) in [4.78, 5) is 12.1. The monoisotopic (exact) mass is 292 g/mol. The van der Waals surface area contributed by atoms with Gasteiger partial charge in [-0.05, 0) is 43.5 Å². The summed E-state index contributed by atoms with van der Waals surface area (Å²) in [5, 5.41) is 4.01. The van der Waals surface area contributed by atoms with Gasteiger partial charge in [0.1, 0.15) is 0 Å². The molecule has 112 valence electrons. The van der Waals surface area contributed by atoms with E-state index in [0.29, 0.717) is 5.56 Å². The summed E-state index contributed by atoms with van der Waals surface area (Å²) < 4.78 is 0. The maximum Gasteiger partial charge on any atom is 0.271 e. The van der Waals surface area contributed by atoms with E-state index in [-0.39, 0.29) is 5.91 Å². The van der Waals surface area contributed by atoms with Gasteiger partial charge in [0.2, 0.25) is 0 Å². The van der Waals surface area contributed by atoms with Crippen molar-refractivity contribution < 1.29 is 4.79 Å². The quantitative estimate of drug-likeness (QED) is 0.668. The van der Waals surface area contributed by atoms with Crippen molar-refractivity contribution in [3.8, 4) is 0 Å². The lowest BCUT2D eigenvalue weighted by molar-refractivity contribution is 0.0954. The summed E-state index contributed by atoms with van der Waals surface area (Å²) in [6, 6.07) is 15.7. The SMILES string of the molecule is CC(C=NNC(=O)c1ccc(C)cc1C)=Cc1ccccc1. The van der Waals surface area contributed by atoms with Gasteiger partial charge in [0.25, 0.3) is 5.91 Å². The summed E-state index contributed by atoms with van der Waals surface area (Å²) in [5.74, 6) is -0.193. The molecule has 0 saturated heterocycles. The Kier molecular flexibility index (Phi) is 5.26. The second-order valence-electron chi connectivity index (χ2n) is 5.32. The minimum Gasteiger partial charge on any atom is -0.267 e. The molecular formula is C19H20N2O. The third kappa shape index (κ3) is 4.42. The molecule has 0 radical (unpaired) electrons. The standard InChI is InChI=1S/C19H20N2O/c1-14-9-10-18(16(3)11-14)19(22)21-20-13-15(2)12-17-7-5-4-6-8-17/h4-13H,1-3H3,(H,21,22). The molecule has 3 heteroatoms. The lowest BCUT2D eigenvalue weighted by Gasteiger charge is -2.04. The predicted octanol–water partition coefficient (Wildman–Crippen LogP) is 4.12. The van der Waals surface area contributed by atoms with Gasteiger partial charge in [-0.2, -0.15) is 5.10 Å². The van der Waals surface area contributed by atoms with Gasteiger partial charge in [0.15, 0.2) is 0 Å². The number of carbonyl (C=O) groups excluding carboxylic acids is 1. The van der Waals surface area contributed by atoms with E-state index in [1.807, 2.05) is 75.4 Å². The molecule has 0 aliphatic heterocycles. The zero-order valence-corrected chi connectivity index (χ0v) is 13.1. The van der Waals surface area contributed by atoms with Crippen LogP contribution in [0.25, 0.3) is 6.08 Å². The third-order valence-electron chi connectivity index (χ3n) is 3.25. The molecule has 0 fully saturated rings. The highest BCUT2D eigenvalue weighted by atomic mass is 16.2. The van der Waals surface area contributed by atoms with Gasteiger partial charge in [-0.3, -0.25) is 4.79 Å². The lowest BCUT2D eigenvalue weighted by atomic mass is 10.1. The summed E-state index contributed by atoms with van der Waals surface area (Å²) in [6.45, 7) is 5.87. The number of allylic oxidation sites excluding steroid dienone is 1. The Bertz CT molecular complexity index is 715. The number of aryl methyl sites for hydroxylation is 2. The molecule has 0 saturated carbocycles. The van der Waals surface area contributed by atoms with Crippen LogP contribution in [0, 0.1) is 13.8 Å². The molecule has 0 aromatic heterocycles. The normalized spacial score (nSPS) is 11.7. The number of hydrogen-bond acceptors (Lipinski definition) is 2. The van der Waals surface area contributed by atoms with Crippen LogP contribution in [-0.2, 0) is 0 Å². The lowest BCUT2D eigenvalue weighted by Crippen LogP contribution is -2.18. The van der Waals surface area contributed by atoms with Gasteiger partial charge < -0.3 is 0 Å².